The number of hydrogen-bond donors (Lipinski definition) is 1. The van der Waals surface area contributed by atoms with Gasteiger partial charge in [-0.3, -0.25) is 18.6 Å². The Morgan fingerprint density at radius 2 is 1.68 bits per heavy atom. The topological polar surface area (TPSA) is 109 Å². The van der Waals surface area contributed by atoms with Gasteiger partial charge in [0.25, 0.3) is 0 Å². The summed E-state index contributed by atoms with van der Waals surface area (Å²) in [5, 5.41) is 10.9. The van der Waals surface area contributed by atoms with Gasteiger partial charge >= 0.3 is 5.56 Å². The van der Waals surface area contributed by atoms with Crippen molar-refractivity contribution in [1.82, 2.24) is 19.2 Å². The fraction of sp³-hybridized carbons (Fsp3) is 0.217. The third-order valence-corrected chi connectivity index (χ3v) is 6.10. The van der Waals surface area contributed by atoms with Crippen LogP contribution in [0.5, 0.6) is 17.2 Å². The molecule has 10 nitrogen and oxygen atoms in total. The Labute approximate surface area is 199 Å². The third kappa shape index (κ3) is 4.69. The van der Waals surface area contributed by atoms with E-state index in [-0.39, 0.29) is 17.1 Å². The first-order valence-electron chi connectivity index (χ1n) is 10.2. The quantitative estimate of drug-likeness (QED) is 0.383. The SMILES string of the molecule is COc1cc(NC(=O)[C@H](C)Sc2nnc3c(=O)n(-c4cccc(OC)c4)ccn23)cc(OC)c1. The number of anilines is 1. The van der Waals surface area contributed by atoms with E-state index in [1.807, 2.05) is 0 Å². The molecule has 0 unspecified atom stereocenters. The molecule has 0 radical (unpaired) electrons. The largest absolute Gasteiger partial charge is 0.497 e. The van der Waals surface area contributed by atoms with Crippen molar-refractivity contribution in [3.05, 3.63) is 65.2 Å². The average Bonchev–Trinajstić information content (AvgIpc) is 3.27. The van der Waals surface area contributed by atoms with Crippen LogP contribution >= 0.6 is 11.8 Å². The van der Waals surface area contributed by atoms with Crippen molar-refractivity contribution in [2.75, 3.05) is 26.6 Å². The Morgan fingerprint density at radius 1 is 0.971 bits per heavy atom. The maximum Gasteiger partial charge on any atom is 0.300 e. The Kier molecular flexibility index (Phi) is 6.73. The maximum atomic E-state index is 13.0. The molecule has 0 saturated heterocycles. The van der Waals surface area contributed by atoms with Crippen molar-refractivity contribution >= 4 is 29.0 Å². The lowest BCUT2D eigenvalue weighted by molar-refractivity contribution is -0.115. The van der Waals surface area contributed by atoms with Crippen LogP contribution in [0.2, 0.25) is 0 Å². The summed E-state index contributed by atoms with van der Waals surface area (Å²) in [7, 11) is 4.64. The number of ether oxygens (including phenoxy) is 3. The van der Waals surface area contributed by atoms with Crippen molar-refractivity contribution in [3.63, 3.8) is 0 Å². The van der Waals surface area contributed by atoms with E-state index in [0.29, 0.717) is 33.8 Å². The standard InChI is InChI=1S/C23H23N5O5S/c1-14(21(29)24-15-10-18(32-3)13-19(11-15)33-4)34-23-26-25-20-22(30)27(8-9-28(20)23)16-6-5-7-17(12-16)31-2/h5-14H,1-4H3,(H,24,29)/t14-/m0/s1. The summed E-state index contributed by atoms with van der Waals surface area (Å²) in [6.07, 6.45) is 3.32. The molecule has 2 aromatic carbocycles. The molecule has 1 amide bonds. The molecule has 4 aromatic rings. The molecule has 176 valence electrons. The molecule has 2 heterocycles. The number of carbonyl (C=O) groups is 1. The van der Waals surface area contributed by atoms with Gasteiger partial charge in [0.1, 0.15) is 17.2 Å². The van der Waals surface area contributed by atoms with E-state index in [9.17, 15) is 9.59 Å². The van der Waals surface area contributed by atoms with Crippen LogP contribution in [0.1, 0.15) is 6.92 Å². The van der Waals surface area contributed by atoms with Gasteiger partial charge in [-0.15, -0.1) is 10.2 Å². The number of nitrogens with one attached hydrogen (secondary N) is 1. The van der Waals surface area contributed by atoms with E-state index in [0.717, 1.165) is 0 Å². The van der Waals surface area contributed by atoms with Gasteiger partial charge in [-0.2, -0.15) is 0 Å². The molecular formula is C23H23N5O5S. The van der Waals surface area contributed by atoms with E-state index in [2.05, 4.69) is 15.5 Å². The van der Waals surface area contributed by atoms with Gasteiger partial charge in [0.05, 0.1) is 32.3 Å². The number of carbonyl (C=O) groups excluding carboxylic acids is 1. The molecule has 1 atom stereocenters. The summed E-state index contributed by atoms with van der Waals surface area (Å²) in [5.74, 6) is 1.51. The summed E-state index contributed by atoms with van der Waals surface area (Å²) in [6, 6.07) is 12.3. The van der Waals surface area contributed by atoms with Crippen LogP contribution in [0, 0.1) is 0 Å². The van der Waals surface area contributed by atoms with Crippen LogP contribution in [0.15, 0.2) is 64.8 Å². The molecule has 0 saturated carbocycles. The minimum atomic E-state index is -0.523. The molecular weight excluding hydrogens is 458 g/mol. The Morgan fingerprint density at radius 3 is 2.35 bits per heavy atom. The Hall–Kier alpha value is -3.99. The molecule has 0 fully saturated rings. The van der Waals surface area contributed by atoms with Gasteiger partial charge in [-0.05, 0) is 19.1 Å². The molecule has 0 aliphatic heterocycles. The molecule has 11 heteroatoms. The molecule has 0 spiro atoms. The highest BCUT2D eigenvalue weighted by Gasteiger charge is 2.20. The number of aromatic nitrogens is 4. The van der Waals surface area contributed by atoms with Gasteiger partial charge in [-0.25, -0.2) is 0 Å². The van der Waals surface area contributed by atoms with E-state index >= 15 is 0 Å². The predicted octanol–water partition coefficient (Wildman–Crippen LogP) is 3.03. The number of thioether (sulfide) groups is 1. The highest BCUT2D eigenvalue weighted by atomic mass is 32.2. The molecule has 2 aromatic heterocycles. The zero-order valence-electron chi connectivity index (χ0n) is 19.0. The van der Waals surface area contributed by atoms with Gasteiger partial charge in [0.2, 0.25) is 11.6 Å². The summed E-state index contributed by atoms with van der Waals surface area (Å²) < 4.78 is 18.8. The van der Waals surface area contributed by atoms with Gasteiger partial charge in [0, 0.05) is 42.3 Å². The number of benzene rings is 2. The van der Waals surface area contributed by atoms with Crippen LogP contribution in [-0.2, 0) is 4.79 Å². The monoisotopic (exact) mass is 481 g/mol. The van der Waals surface area contributed by atoms with E-state index in [4.69, 9.17) is 14.2 Å². The highest BCUT2D eigenvalue weighted by molar-refractivity contribution is 8.00. The van der Waals surface area contributed by atoms with Crippen LogP contribution in [0.3, 0.4) is 0 Å². The second-order valence-corrected chi connectivity index (χ2v) is 8.51. The van der Waals surface area contributed by atoms with Crippen LogP contribution in [0.4, 0.5) is 5.69 Å². The van der Waals surface area contributed by atoms with Crippen molar-refractivity contribution < 1.29 is 19.0 Å². The second-order valence-electron chi connectivity index (χ2n) is 7.20. The van der Waals surface area contributed by atoms with E-state index < -0.39 is 5.25 Å². The van der Waals surface area contributed by atoms with Gasteiger partial charge in [0.15, 0.2) is 5.16 Å². The van der Waals surface area contributed by atoms with E-state index in [1.54, 1.807) is 73.3 Å². The lowest BCUT2D eigenvalue weighted by Crippen LogP contribution is -2.23. The van der Waals surface area contributed by atoms with Crippen molar-refractivity contribution in [3.8, 4) is 22.9 Å². The summed E-state index contributed by atoms with van der Waals surface area (Å²) in [4.78, 5) is 25.8. The minimum Gasteiger partial charge on any atom is -0.497 e. The van der Waals surface area contributed by atoms with Crippen molar-refractivity contribution in [2.45, 2.75) is 17.3 Å². The molecule has 0 aliphatic rings. The molecule has 0 aliphatic carbocycles. The number of rotatable bonds is 8. The number of methoxy groups -OCH3 is 3. The minimum absolute atomic E-state index is 0.151. The van der Waals surface area contributed by atoms with Gasteiger partial charge < -0.3 is 19.5 Å². The number of hydrogen-bond acceptors (Lipinski definition) is 8. The first-order chi connectivity index (χ1) is 16.4. The van der Waals surface area contributed by atoms with Crippen LogP contribution in [0.25, 0.3) is 11.3 Å². The molecule has 0 bridgehead atoms. The third-order valence-electron chi connectivity index (χ3n) is 5.04. The Balaban J connectivity index is 1.55. The summed E-state index contributed by atoms with van der Waals surface area (Å²) in [6.45, 7) is 1.75. The zero-order valence-corrected chi connectivity index (χ0v) is 19.8. The maximum absolute atomic E-state index is 13.0. The average molecular weight is 482 g/mol. The van der Waals surface area contributed by atoms with Crippen molar-refractivity contribution in [1.29, 1.82) is 0 Å². The normalized spacial score (nSPS) is 11.8. The lowest BCUT2D eigenvalue weighted by atomic mass is 10.2. The smallest absolute Gasteiger partial charge is 0.300 e. The number of nitrogens with zero attached hydrogens (tertiary/aromatic N) is 4. The molecule has 1 N–H and O–H groups in total. The van der Waals surface area contributed by atoms with E-state index in [1.165, 1.54) is 30.5 Å². The van der Waals surface area contributed by atoms with Gasteiger partial charge in [-0.1, -0.05) is 17.8 Å². The summed E-state index contributed by atoms with van der Waals surface area (Å²) >= 11 is 1.19. The lowest BCUT2D eigenvalue weighted by Gasteiger charge is -2.13. The highest BCUT2D eigenvalue weighted by Crippen LogP contribution is 2.27. The molecule has 4 rings (SSSR count). The number of amides is 1. The molecule has 34 heavy (non-hydrogen) atoms. The summed E-state index contributed by atoms with van der Waals surface area (Å²) in [5.41, 5.74) is 1.00. The second kappa shape index (κ2) is 9.87. The van der Waals surface area contributed by atoms with Crippen LogP contribution < -0.4 is 25.1 Å². The van der Waals surface area contributed by atoms with Crippen LogP contribution in [-0.4, -0.2) is 51.7 Å². The first-order valence-corrected chi connectivity index (χ1v) is 11.1. The first kappa shape index (κ1) is 23.2. The van der Waals surface area contributed by atoms with Crippen molar-refractivity contribution in [2.24, 2.45) is 0 Å². The Bertz CT molecular complexity index is 1380. The fourth-order valence-corrected chi connectivity index (χ4v) is 4.08. The number of fused-ring (bicyclic) bond motifs is 1. The zero-order chi connectivity index (χ0) is 24.2. The predicted molar refractivity (Wildman–Crippen MR) is 129 cm³/mol. The fourth-order valence-electron chi connectivity index (χ4n) is 3.25.